The van der Waals surface area contributed by atoms with Gasteiger partial charge in [0.05, 0.1) is 0 Å². The fourth-order valence-corrected chi connectivity index (χ4v) is 1.90. The average molecular weight is 208 g/mol. The van der Waals surface area contributed by atoms with Crippen LogP contribution in [0.3, 0.4) is 0 Å². The second-order valence-corrected chi connectivity index (χ2v) is 3.29. The van der Waals surface area contributed by atoms with Gasteiger partial charge < -0.3 is 0 Å². The smallest absolute Gasteiger partial charge is 0.0195 e. The van der Waals surface area contributed by atoms with Gasteiger partial charge in [0.15, 0.2) is 0 Å². The molecule has 1 aromatic rings. The Morgan fingerprint density at radius 3 is 3.00 bits per heavy atom. The van der Waals surface area contributed by atoms with Crippen LogP contribution in [0, 0.1) is 6.08 Å². The highest BCUT2D eigenvalue weighted by atomic mass is 79.9. The van der Waals surface area contributed by atoms with Crippen LogP contribution < -0.4 is 0 Å². The van der Waals surface area contributed by atoms with Gasteiger partial charge in [-0.1, -0.05) is 46.3 Å². The first-order valence-corrected chi connectivity index (χ1v) is 4.78. The molecule has 0 heterocycles. The molecule has 2 rings (SSSR count). The third kappa shape index (κ3) is 1.14. The molecular formula is C10H8Br. The first-order valence-electron chi connectivity index (χ1n) is 3.66. The minimum absolute atomic E-state index is 0.464. The Hall–Kier alpha value is -0.560. The minimum atomic E-state index is 0.464. The van der Waals surface area contributed by atoms with Gasteiger partial charge in [-0.2, -0.15) is 0 Å². The van der Waals surface area contributed by atoms with Gasteiger partial charge in [0.2, 0.25) is 0 Å². The van der Waals surface area contributed by atoms with Crippen molar-refractivity contribution >= 4 is 22.0 Å². The van der Waals surface area contributed by atoms with E-state index in [1.54, 1.807) is 0 Å². The van der Waals surface area contributed by atoms with Crippen molar-refractivity contribution in [2.75, 3.05) is 5.33 Å². The number of hydrogen-bond acceptors (Lipinski definition) is 0. The van der Waals surface area contributed by atoms with E-state index in [2.05, 4.69) is 52.3 Å². The molecule has 0 aliphatic heterocycles. The summed E-state index contributed by atoms with van der Waals surface area (Å²) in [5.74, 6) is 0.464. The summed E-state index contributed by atoms with van der Waals surface area (Å²) in [4.78, 5) is 0. The van der Waals surface area contributed by atoms with Crippen molar-refractivity contribution < 1.29 is 0 Å². The normalized spacial score (nSPS) is 20.3. The van der Waals surface area contributed by atoms with Crippen LogP contribution in [0.15, 0.2) is 24.3 Å². The third-order valence-corrected chi connectivity index (χ3v) is 2.61. The molecule has 1 heteroatoms. The highest BCUT2D eigenvalue weighted by Crippen LogP contribution is 2.29. The quantitative estimate of drug-likeness (QED) is 0.622. The van der Waals surface area contributed by atoms with E-state index in [1.165, 1.54) is 11.1 Å². The average Bonchev–Trinajstić information content (AvgIpc) is 2.47. The molecule has 0 nitrogen and oxygen atoms in total. The molecular weight excluding hydrogens is 200 g/mol. The monoisotopic (exact) mass is 207 g/mol. The summed E-state index contributed by atoms with van der Waals surface area (Å²) in [5.41, 5.74) is 2.71. The lowest BCUT2D eigenvalue weighted by molar-refractivity contribution is 0.990. The van der Waals surface area contributed by atoms with Crippen LogP contribution in [0.5, 0.6) is 0 Å². The number of allylic oxidation sites excluding steroid dienone is 1. The van der Waals surface area contributed by atoms with Crippen molar-refractivity contribution in [1.82, 2.24) is 0 Å². The zero-order valence-electron chi connectivity index (χ0n) is 6.05. The van der Waals surface area contributed by atoms with Gasteiger partial charge in [-0.15, -0.1) is 0 Å². The van der Waals surface area contributed by atoms with E-state index in [9.17, 15) is 0 Å². The molecule has 0 bridgehead atoms. The van der Waals surface area contributed by atoms with Crippen molar-refractivity contribution in [3.8, 4) is 0 Å². The molecule has 1 aliphatic carbocycles. The zero-order chi connectivity index (χ0) is 7.68. The fourth-order valence-electron chi connectivity index (χ4n) is 1.37. The maximum Gasteiger partial charge on any atom is 0.0195 e. The molecule has 55 valence electrons. The van der Waals surface area contributed by atoms with Gasteiger partial charge in [0, 0.05) is 11.2 Å². The number of fused-ring (bicyclic) bond motifs is 1. The molecule has 1 aliphatic rings. The molecule has 11 heavy (non-hydrogen) atoms. The van der Waals surface area contributed by atoms with Crippen LogP contribution in [0.1, 0.15) is 17.0 Å². The van der Waals surface area contributed by atoms with E-state index in [-0.39, 0.29) is 0 Å². The number of hydrogen-bond donors (Lipinski definition) is 0. The van der Waals surface area contributed by atoms with Gasteiger partial charge >= 0.3 is 0 Å². The van der Waals surface area contributed by atoms with Crippen molar-refractivity contribution in [2.45, 2.75) is 5.92 Å². The first kappa shape index (κ1) is 7.11. The molecule has 0 fully saturated rings. The van der Waals surface area contributed by atoms with Crippen LogP contribution in [0.4, 0.5) is 0 Å². The summed E-state index contributed by atoms with van der Waals surface area (Å²) in [5, 5.41) is 0.973. The van der Waals surface area contributed by atoms with Crippen molar-refractivity contribution in [3.63, 3.8) is 0 Å². The molecule has 0 amide bonds. The number of rotatable bonds is 1. The Bertz CT molecular complexity index is 289. The third-order valence-electron chi connectivity index (χ3n) is 1.97. The van der Waals surface area contributed by atoms with E-state index in [1.807, 2.05) is 0 Å². The Labute approximate surface area is 75.1 Å². The predicted molar refractivity (Wildman–Crippen MR) is 50.7 cm³/mol. The molecule has 0 saturated carbocycles. The lowest BCUT2D eigenvalue weighted by Crippen LogP contribution is -1.93. The van der Waals surface area contributed by atoms with E-state index >= 15 is 0 Å². The first-order chi connectivity index (χ1) is 5.42. The van der Waals surface area contributed by atoms with Crippen LogP contribution >= 0.6 is 15.9 Å². The van der Waals surface area contributed by atoms with Gasteiger partial charge in [-0.3, -0.25) is 0 Å². The SMILES string of the molecule is BrCC1[C]=Cc2ccccc21. The molecule has 1 unspecified atom stereocenters. The second kappa shape index (κ2) is 2.82. The molecule has 1 radical (unpaired) electrons. The number of alkyl halides is 1. The summed E-state index contributed by atoms with van der Waals surface area (Å²) >= 11 is 3.46. The summed E-state index contributed by atoms with van der Waals surface area (Å²) < 4.78 is 0. The second-order valence-electron chi connectivity index (χ2n) is 2.65. The van der Waals surface area contributed by atoms with Crippen molar-refractivity contribution in [1.29, 1.82) is 0 Å². The topological polar surface area (TPSA) is 0 Å². The van der Waals surface area contributed by atoms with Crippen molar-refractivity contribution in [3.05, 3.63) is 41.5 Å². The Morgan fingerprint density at radius 1 is 1.36 bits per heavy atom. The van der Waals surface area contributed by atoms with Crippen LogP contribution in [0.2, 0.25) is 0 Å². The maximum atomic E-state index is 3.46. The highest BCUT2D eigenvalue weighted by molar-refractivity contribution is 9.09. The number of benzene rings is 1. The molecule has 0 saturated heterocycles. The summed E-state index contributed by atoms with van der Waals surface area (Å²) in [6.45, 7) is 0. The maximum absolute atomic E-state index is 3.46. The fraction of sp³-hybridized carbons (Fsp3) is 0.200. The Balaban J connectivity index is 2.46. The Kier molecular flexibility index (Phi) is 1.82. The van der Waals surface area contributed by atoms with Crippen molar-refractivity contribution in [2.24, 2.45) is 0 Å². The van der Waals surface area contributed by atoms with Crippen LogP contribution in [-0.2, 0) is 0 Å². The molecule has 1 aromatic carbocycles. The van der Waals surface area contributed by atoms with E-state index in [4.69, 9.17) is 0 Å². The lowest BCUT2D eigenvalue weighted by Gasteiger charge is -2.04. The van der Waals surface area contributed by atoms with Gasteiger partial charge in [-0.05, 0) is 17.2 Å². The number of halogens is 1. The van der Waals surface area contributed by atoms with E-state index < -0.39 is 0 Å². The highest BCUT2D eigenvalue weighted by Gasteiger charge is 2.14. The van der Waals surface area contributed by atoms with Gasteiger partial charge in [-0.25, -0.2) is 0 Å². The minimum Gasteiger partial charge on any atom is -0.0918 e. The van der Waals surface area contributed by atoms with E-state index in [0.29, 0.717) is 5.92 Å². The summed E-state index contributed by atoms with van der Waals surface area (Å²) in [7, 11) is 0. The lowest BCUT2D eigenvalue weighted by atomic mass is 10.0. The summed E-state index contributed by atoms with van der Waals surface area (Å²) in [6, 6.07) is 8.44. The standard InChI is InChI=1S/C10H8Br/c11-7-9-6-5-8-3-1-2-4-10(8)9/h1-5,9H,7H2. The van der Waals surface area contributed by atoms with Crippen LogP contribution in [0.25, 0.3) is 6.08 Å². The Morgan fingerprint density at radius 2 is 2.18 bits per heavy atom. The van der Waals surface area contributed by atoms with E-state index in [0.717, 1.165) is 5.33 Å². The predicted octanol–water partition coefficient (Wildman–Crippen LogP) is 3.00. The molecule has 0 aromatic heterocycles. The largest absolute Gasteiger partial charge is 0.0918 e. The molecule has 0 N–H and O–H groups in total. The van der Waals surface area contributed by atoms with Gasteiger partial charge in [0.1, 0.15) is 0 Å². The van der Waals surface area contributed by atoms with Gasteiger partial charge in [0.25, 0.3) is 0 Å². The molecule has 1 atom stereocenters. The van der Waals surface area contributed by atoms with Crippen LogP contribution in [-0.4, -0.2) is 5.33 Å². The summed E-state index contributed by atoms with van der Waals surface area (Å²) in [6.07, 6.45) is 5.37. The molecule has 0 spiro atoms. The zero-order valence-corrected chi connectivity index (χ0v) is 7.64.